The Bertz CT molecular complexity index is 1160. The monoisotopic (exact) mass is 466 g/mol. The van der Waals surface area contributed by atoms with Crippen LogP contribution in [0, 0.1) is 0 Å². The van der Waals surface area contributed by atoms with Crippen molar-refractivity contribution in [2.45, 2.75) is 30.3 Å². The Kier molecular flexibility index (Phi) is 6.73. The normalized spacial score (nSPS) is 19.0. The quantitative estimate of drug-likeness (QED) is 0.668. The minimum absolute atomic E-state index is 0.0196. The number of methoxy groups -OCH3 is 1. The number of rotatable bonds is 7. The van der Waals surface area contributed by atoms with Gasteiger partial charge in [-0.05, 0) is 43.7 Å². The number of hydrogen-bond acceptors (Lipinski definition) is 6. The number of hydrogen-bond donors (Lipinski definition) is 1. The average Bonchev–Trinajstić information content (AvgIpc) is 3.09. The molecule has 2 atom stereocenters. The summed E-state index contributed by atoms with van der Waals surface area (Å²) in [5, 5.41) is 0. The lowest BCUT2D eigenvalue weighted by atomic mass is 10.0. The second-order valence-electron chi connectivity index (χ2n) is 7.58. The van der Waals surface area contributed by atoms with Gasteiger partial charge in [-0.2, -0.15) is 0 Å². The van der Waals surface area contributed by atoms with Gasteiger partial charge in [0.2, 0.25) is 10.0 Å². The molecule has 31 heavy (non-hydrogen) atoms. The zero-order valence-electron chi connectivity index (χ0n) is 17.6. The van der Waals surface area contributed by atoms with E-state index in [1.807, 2.05) is 31.2 Å². The minimum atomic E-state index is -3.88. The second-order valence-corrected chi connectivity index (χ2v) is 11.5. The van der Waals surface area contributed by atoms with Gasteiger partial charge >= 0.3 is 0 Å². The molecule has 0 aliphatic carbocycles. The zero-order valence-corrected chi connectivity index (χ0v) is 19.2. The van der Waals surface area contributed by atoms with Crippen LogP contribution in [0.4, 0.5) is 0 Å². The maximum atomic E-state index is 12.9. The van der Waals surface area contributed by atoms with Crippen molar-refractivity contribution in [1.82, 2.24) is 9.62 Å². The molecule has 0 aromatic heterocycles. The Morgan fingerprint density at radius 1 is 1.16 bits per heavy atom. The van der Waals surface area contributed by atoms with Gasteiger partial charge < -0.3 is 9.64 Å². The van der Waals surface area contributed by atoms with E-state index in [2.05, 4.69) is 4.72 Å². The molecule has 2 aromatic carbocycles. The first-order valence-corrected chi connectivity index (χ1v) is 13.1. The molecular formula is C21H26N2O6S2. The molecule has 0 spiro atoms. The van der Waals surface area contributed by atoms with Crippen molar-refractivity contribution in [2.24, 2.45) is 0 Å². The van der Waals surface area contributed by atoms with E-state index in [1.54, 1.807) is 19.1 Å². The predicted octanol–water partition coefficient (Wildman–Crippen LogP) is 1.99. The molecule has 1 heterocycles. The summed E-state index contributed by atoms with van der Waals surface area (Å²) in [5.74, 6) is 0.187. The van der Waals surface area contributed by atoms with Gasteiger partial charge in [-0.1, -0.05) is 18.2 Å². The van der Waals surface area contributed by atoms with E-state index in [9.17, 15) is 21.6 Å². The van der Waals surface area contributed by atoms with E-state index in [4.69, 9.17) is 4.74 Å². The van der Waals surface area contributed by atoms with Crippen LogP contribution in [-0.4, -0.2) is 59.3 Å². The van der Waals surface area contributed by atoms with Crippen molar-refractivity contribution in [3.8, 4) is 5.75 Å². The number of carbonyl (C=O) groups is 1. The van der Waals surface area contributed by atoms with E-state index in [0.717, 1.165) is 5.56 Å². The number of sulfonamides is 1. The highest BCUT2D eigenvalue weighted by molar-refractivity contribution is 7.92. The Hall–Kier alpha value is -2.43. The van der Waals surface area contributed by atoms with E-state index in [1.165, 1.54) is 24.3 Å². The zero-order chi connectivity index (χ0) is 22.8. The Morgan fingerprint density at radius 3 is 2.39 bits per heavy atom. The lowest BCUT2D eigenvalue weighted by Crippen LogP contribution is -2.35. The summed E-state index contributed by atoms with van der Waals surface area (Å²) in [7, 11) is -3.84. The summed E-state index contributed by atoms with van der Waals surface area (Å²) in [6.45, 7) is 1.88. The molecule has 1 aliphatic heterocycles. The van der Waals surface area contributed by atoms with Crippen LogP contribution in [0.1, 0.15) is 35.3 Å². The molecule has 1 fully saturated rings. The molecule has 10 heteroatoms. The maximum Gasteiger partial charge on any atom is 0.254 e. The Labute approximate surface area is 183 Å². The lowest BCUT2D eigenvalue weighted by Gasteiger charge is -2.26. The molecular weight excluding hydrogens is 440 g/mol. The van der Waals surface area contributed by atoms with Gasteiger partial charge in [0.15, 0.2) is 9.84 Å². The number of carbonyl (C=O) groups excluding carboxylic acids is 1. The number of benzene rings is 2. The van der Waals surface area contributed by atoms with Gasteiger partial charge in [0, 0.05) is 24.2 Å². The van der Waals surface area contributed by atoms with E-state index < -0.39 is 25.9 Å². The number of ether oxygens (including phenoxy) is 1. The highest BCUT2D eigenvalue weighted by Gasteiger charge is 2.31. The average molecular weight is 467 g/mol. The number of para-hydroxylation sites is 1. The SMILES string of the molecule is COc1ccccc1C(C)N(C)C(=O)c1ccc(S(=O)(=O)NC2CCS(=O)(=O)C2)cc1. The lowest BCUT2D eigenvalue weighted by molar-refractivity contribution is 0.0741. The summed E-state index contributed by atoms with van der Waals surface area (Å²) in [4.78, 5) is 14.5. The van der Waals surface area contributed by atoms with Gasteiger partial charge in [0.05, 0.1) is 29.6 Å². The van der Waals surface area contributed by atoms with Crippen LogP contribution in [0.25, 0.3) is 0 Å². The third-order valence-corrected chi connectivity index (χ3v) is 8.76. The molecule has 168 valence electrons. The van der Waals surface area contributed by atoms with Gasteiger partial charge in [-0.25, -0.2) is 21.6 Å². The summed E-state index contributed by atoms with van der Waals surface area (Å²) < 4.78 is 56.1. The maximum absolute atomic E-state index is 12.9. The number of nitrogens with zero attached hydrogens (tertiary/aromatic N) is 1. The second kappa shape index (κ2) is 8.97. The fourth-order valence-electron chi connectivity index (χ4n) is 3.55. The van der Waals surface area contributed by atoms with Gasteiger partial charge in [0.1, 0.15) is 5.75 Å². The summed E-state index contributed by atoms with van der Waals surface area (Å²) in [6, 6.07) is 12.1. The first-order valence-electron chi connectivity index (χ1n) is 9.77. The van der Waals surface area contributed by atoms with Crippen molar-refractivity contribution in [1.29, 1.82) is 0 Å². The smallest absolute Gasteiger partial charge is 0.254 e. The molecule has 2 aromatic rings. The molecule has 2 unspecified atom stereocenters. The van der Waals surface area contributed by atoms with Crippen LogP contribution in [0.2, 0.25) is 0 Å². The highest BCUT2D eigenvalue weighted by atomic mass is 32.2. The third-order valence-electron chi connectivity index (χ3n) is 5.46. The van der Waals surface area contributed by atoms with Crippen LogP contribution in [-0.2, 0) is 19.9 Å². The Balaban J connectivity index is 1.73. The van der Waals surface area contributed by atoms with E-state index in [-0.39, 0.29) is 34.8 Å². The number of nitrogens with one attached hydrogen (secondary N) is 1. The third kappa shape index (κ3) is 5.25. The largest absolute Gasteiger partial charge is 0.496 e. The molecule has 3 rings (SSSR count). The van der Waals surface area contributed by atoms with Crippen molar-refractivity contribution in [3.05, 3.63) is 59.7 Å². The molecule has 1 amide bonds. The summed E-state index contributed by atoms with van der Waals surface area (Å²) >= 11 is 0. The fraction of sp³-hybridized carbons (Fsp3) is 0.381. The van der Waals surface area contributed by atoms with Crippen LogP contribution < -0.4 is 9.46 Å². The predicted molar refractivity (Wildman–Crippen MR) is 117 cm³/mol. The number of amides is 1. The van der Waals surface area contributed by atoms with Crippen LogP contribution in [0.5, 0.6) is 5.75 Å². The van der Waals surface area contributed by atoms with Crippen molar-refractivity contribution in [2.75, 3.05) is 25.7 Å². The molecule has 8 nitrogen and oxygen atoms in total. The van der Waals surface area contributed by atoms with E-state index >= 15 is 0 Å². The first-order chi connectivity index (χ1) is 14.5. The molecule has 0 bridgehead atoms. The minimum Gasteiger partial charge on any atom is -0.496 e. The molecule has 0 saturated carbocycles. The molecule has 1 aliphatic rings. The van der Waals surface area contributed by atoms with Gasteiger partial charge in [0.25, 0.3) is 5.91 Å². The van der Waals surface area contributed by atoms with Crippen molar-refractivity contribution < 1.29 is 26.4 Å². The first kappa shape index (κ1) is 23.2. The molecule has 1 N–H and O–H groups in total. The van der Waals surface area contributed by atoms with Crippen molar-refractivity contribution in [3.63, 3.8) is 0 Å². The topological polar surface area (TPSA) is 110 Å². The standard InChI is InChI=1S/C21H26N2O6S2/c1-15(19-6-4-5-7-20(19)29-3)23(2)21(24)16-8-10-18(11-9-16)31(27,28)22-17-12-13-30(25,26)14-17/h4-11,15,17,22H,12-14H2,1-3H3. The van der Waals surface area contributed by atoms with Gasteiger partial charge in [-0.15, -0.1) is 0 Å². The Morgan fingerprint density at radius 2 is 1.81 bits per heavy atom. The number of sulfone groups is 1. The highest BCUT2D eigenvalue weighted by Crippen LogP contribution is 2.29. The van der Waals surface area contributed by atoms with Gasteiger partial charge in [-0.3, -0.25) is 4.79 Å². The fourth-order valence-corrected chi connectivity index (χ4v) is 6.60. The van der Waals surface area contributed by atoms with Crippen LogP contribution >= 0.6 is 0 Å². The summed E-state index contributed by atoms with van der Waals surface area (Å²) in [6.07, 6.45) is 0.254. The molecule has 0 radical (unpaired) electrons. The van der Waals surface area contributed by atoms with Crippen molar-refractivity contribution >= 4 is 25.8 Å². The molecule has 1 saturated heterocycles. The van der Waals surface area contributed by atoms with E-state index in [0.29, 0.717) is 11.3 Å². The van der Waals surface area contributed by atoms with Crippen LogP contribution in [0.3, 0.4) is 0 Å². The summed E-state index contributed by atoms with van der Waals surface area (Å²) in [5.41, 5.74) is 1.20. The van der Waals surface area contributed by atoms with Crippen LogP contribution in [0.15, 0.2) is 53.4 Å².